The van der Waals surface area contributed by atoms with Crippen LogP contribution in [0, 0.1) is 0 Å². The molecule has 1 heterocycles. The second kappa shape index (κ2) is 7.61. The van der Waals surface area contributed by atoms with Crippen molar-refractivity contribution < 1.29 is 14.3 Å². The van der Waals surface area contributed by atoms with E-state index in [-0.39, 0.29) is 18.5 Å². The van der Waals surface area contributed by atoms with Crippen LogP contribution in [0.15, 0.2) is 65.8 Å². The molecule has 3 rings (SSSR count). The molecule has 6 nitrogen and oxygen atoms in total. The van der Waals surface area contributed by atoms with E-state index in [4.69, 9.17) is 0 Å². The maximum Gasteiger partial charge on any atom is 0.325 e. The Morgan fingerprint density at radius 1 is 1.12 bits per heavy atom. The minimum atomic E-state index is -0.494. The molecule has 1 unspecified atom stereocenters. The fraction of sp³-hybridized carbons (Fsp3) is 0.211. The van der Waals surface area contributed by atoms with Crippen molar-refractivity contribution in [1.82, 2.24) is 5.32 Å². The first-order chi connectivity index (χ1) is 12.2. The molecule has 2 aromatic rings. The van der Waals surface area contributed by atoms with E-state index >= 15 is 0 Å². The summed E-state index contributed by atoms with van der Waals surface area (Å²) in [6, 6.07) is 19.6. The second-order valence-corrected chi connectivity index (χ2v) is 5.62. The molecule has 2 aromatic carbocycles. The summed E-state index contributed by atoms with van der Waals surface area (Å²) in [6.07, 6.45) is 0.464. The van der Waals surface area contributed by atoms with E-state index in [1.54, 1.807) is 0 Å². The molecule has 1 N–H and O–H groups in total. The number of hydrogen-bond donors (Lipinski definition) is 1. The lowest BCUT2D eigenvalue weighted by Crippen LogP contribution is -2.34. The van der Waals surface area contributed by atoms with Gasteiger partial charge in [0.1, 0.15) is 12.3 Å². The van der Waals surface area contributed by atoms with Gasteiger partial charge >= 0.3 is 5.97 Å². The maximum atomic E-state index is 12.3. The first-order valence-electron chi connectivity index (χ1n) is 8.00. The number of methoxy groups -OCH3 is 1. The second-order valence-electron chi connectivity index (χ2n) is 5.62. The molecule has 0 saturated carbocycles. The molecule has 0 aliphatic carbocycles. The third-order valence-electron chi connectivity index (χ3n) is 4.00. The van der Waals surface area contributed by atoms with Crippen LogP contribution in [0.5, 0.6) is 0 Å². The number of carbonyl (C=O) groups excluding carboxylic acids is 2. The quantitative estimate of drug-likeness (QED) is 0.850. The smallest absolute Gasteiger partial charge is 0.325 e. The predicted molar refractivity (Wildman–Crippen MR) is 95.2 cm³/mol. The lowest BCUT2D eigenvalue weighted by Gasteiger charge is -2.23. The highest BCUT2D eigenvalue weighted by Gasteiger charge is 2.32. The van der Waals surface area contributed by atoms with Gasteiger partial charge in [0.25, 0.3) is 5.91 Å². The number of anilines is 1. The molecule has 0 spiro atoms. The summed E-state index contributed by atoms with van der Waals surface area (Å²) < 4.78 is 4.54. The van der Waals surface area contributed by atoms with E-state index in [0.29, 0.717) is 12.1 Å². The highest BCUT2D eigenvalue weighted by Crippen LogP contribution is 2.34. The number of para-hydroxylation sites is 1. The summed E-state index contributed by atoms with van der Waals surface area (Å²) in [5, 5.41) is 8.90. The summed E-state index contributed by atoms with van der Waals surface area (Å²) in [4.78, 5) is 23.6. The van der Waals surface area contributed by atoms with Crippen LogP contribution in [0.1, 0.15) is 18.0 Å². The number of esters is 1. The number of amides is 1. The largest absolute Gasteiger partial charge is 0.468 e. The van der Waals surface area contributed by atoms with E-state index in [0.717, 1.165) is 11.3 Å². The zero-order chi connectivity index (χ0) is 17.6. The third-order valence-corrected chi connectivity index (χ3v) is 4.00. The number of carbonyl (C=O) groups is 2. The van der Waals surface area contributed by atoms with E-state index in [1.807, 2.05) is 65.7 Å². The number of nitrogens with one attached hydrogen (secondary N) is 1. The molecule has 25 heavy (non-hydrogen) atoms. The fourth-order valence-corrected chi connectivity index (χ4v) is 2.73. The highest BCUT2D eigenvalue weighted by molar-refractivity contribution is 6.40. The first-order valence-corrected chi connectivity index (χ1v) is 8.00. The number of ether oxygens (including phenoxy) is 1. The standard InChI is InChI=1S/C19H19N3O3/c1-25-18(23)13-20-19(24)16-12-17(14-8-4-2-5-9-14)22(21-16)15-10-6-3-7-11-15/h2-11,17H,12-13H2,1H3,(H,20,24). The van der Waals surface area contributed by atoms with Gasteiger partial charge < -0.3 is 10.1 Å². The van der Waals surface area contributed by atoms with Crippen LogP contribution in [0.25, 0.3) is 0 Å². The Balaban J connectivity index is 1.84. The van der Waals surface area contributed by atoms with E-state index in [2.05, 4.69) is 15.2 Å². The van der Waals surface area contributed by atoms with Crippen LogP contribution in [0.4, 0.5) is 5.69 Å². The van der Waals surface area contributed by atoms with Crippen molar-refractivity contribution in [3.63, 3.8) is 0 Å². The van der Waals surface area contributed by atoms with E-state index < -0.39 is 5.97 Å². The van der Waals surface area contributed by atoms with Crippen LogP contribution < -0.4 is 10.3 Å². The molecule has 0 fully saturated rings. The fourth-order valence-electron chi connectivity index (χ4n) is 2.73. The molecule has 0 saturated heterocycles. The average molecular weight is 337 g/mol. The number of hydrazone groups is 1. The molecule has 128 valence electrons. The summed E-state index contributed by atoms with van der Waals surface area (Å²) in [5.74, 6) is -0.851. The highest BCUT2D eigenvalue weighted by atomic mass is 16.5. The van der Waals surface area contributed by atoms with Gasteiger partial charge in [0.05, 0.1) is 18.8 Å². The van der Waals surface area contributed by atoms with Crippen LogP contribution in [0.2, 0.25) is 0 Å². The van der Waals surface area contributed by atoms with Gasteiger partial charge in [0.15, 0.2) is 0 Å². The van der Waals surface area contributed by atoms with E-state index in [1.165, 1.54) is 7.11 Å². The maximum absolute atomic E-state index is 12.3. The summed E-state index contributed by atoms with van der Waals surface area (Å²) in [5.41, 5.74) is 2.37. The molecular weight excluding hydrogens is 318 g/mol. The Kier molecular flexibility index (Phi) is 5.09. The van der Waals surface area contributed by atoms with Crippen LogP contribution in [-0.4, -0.2) is 31.2 Å². The summed E-state index contributed by atoms with van der Waals surface area (Å²) in [7, 11) is 1.28. The summed E-state index contributed by atoms with van der Waals surface area (Å²) >= 11 is 0. The van der Waals surface area contributed by atoms with Gasteiger partial charge in [-0.25, -0.2) is 0 Å². The third kappa shape index (κ3) is 3.85. The van der Waals surface area contributed by atoms with Crippen molar-refractivity contribution in [3.8, 4) is 0 Å². The van der Waals surface area contributed by atoms with Crippen molar-refractivity contribution in [2.75, 3.05) is 18.7 Å². The van der Waals surface area contributed by atoms with Crippen molar-refractivity contribution in [1.29, 1.82) is 0 Å². The van der Waals surface area contributed by atoms with Gasteiger partial charge in [-0.2, -0.15) is 5.10 Å². The van der Waals surface area contributed by atoms with Crippen LogP contribution in [-0.2, 0) is 14.3 Å². The number of hydrogen-bond acceptors (Lipinski definition) is 5. The number of nitrogens with zero attached hydrogens (tertiary/aromatic N) is 2. The molecule has 0 aromatic heterocycles. The Hall–Kier alpha value is -3.15. The SMILES string of the molecule is COC(=O)CNC(=O)C1=NN(c2ccccc2)C(c2ccccc2)C1. The Labute approximate surface area is 146 Å². The molecule has 1 amide bonds. The zero-order valence-corrected chi connectivity index (χ0v) is 13.9. The molecule has 0 radical (unpaired) electrons. The van der Waals surface area contributed by atoms with Gasteiger partial charge in [-0.3, -0.25) is 14.6 Å². The van der Waals surface area contributed by atoms with Crippen molar-refractivity contribution in [2.24, 2.45) is 5.10 Å². The molecule has 0 bridgehead atoms. The van der Waals surface area contributed by atoms with E-state index in [9.17, 15) is 9.59 Å². The van der Waals surface area contributed by atoms with Gasteiger partial charge in [0.2, 0.25) is 0 Å². The minimum absolute atomic E-state index is 0.0672. The van der Waals surface area contributed by atoms with Gasteiger partial charge in [-0.1, -0.05) is 48.5 Å². The van der Waals surface area contributed by atoms with Crippen molar-refractivity contribution >= 4 is 23.3 Å². The predicted octanol–water partition coefficient (Wildman–Crippen LogP) is 2.28. The van der Waals surface area contributed by atoms with Crippen LogP contribution in [0.3, 0.4) is 0 Å². The minimum Gasteiger partial charge on any atom is -0.468 e. The lowest BCUT2D eigenvalue weighted by atomic mass is 10.0. The summed E-state index contributed by atoms with van der Waals surface area (Å²) in [6.45, 7) is -0.171. The molecule has 6 heteroatoms. The lowest BCUT2D eigenvalue weighted by molar-refractivity contribution is -0.140. The van der Waals surface area contributed by atoms with Gasteiger partial charge in [-0.15, -0.1) is 0 Å². The topological polar surface area (TPSA) is 71.0 Å². The first kappa shape index (κ1) is 16.7. The Morgan fingerprint density at radius 3 is 2.40 bits per heavy atom. The normalized spacial score (nSPS) is 16.3. The molecule has 1 aliphatic rings. The average Bonchev–Trinajstić information content (AvgIpc) is 3.12. The van der Waals surface area contributed by atoms with Gasteiger partial charge in [0, 0.05) is 6.42 Å². The zero-order valence-electron chi connectivity index (χ0n) is 13.9. The number of rotatable bonds is 5. The Morgan fingerprint density at radius 2 is 1.76 bits per heavy atom. The van der Waals surface area contributed by atoms with Gasteiger partial charge in [-0.05, 0) is 17.7 Å². The molecule has 1 atom stereocenters. The van der Waals surface area contributed by atoms with Crippen molar-refractivity contribution in [3.05, 3.63) is 66.2 Å². The molecular formula is C19H19N3O3. The Bertz CT molecular complexity index is 775. The monoisotopic (exact) mass is 337 g/mol. The van der Waals surface area contributed by atoms with Crippen LogP contribution >= 0.6 is 0 Å². The molecule has 1 aliphatic heterocycles. The number of benzene rings is 2. The van der Waals surface area contributed by atoms with Crippen molar-refractivity contribution in [2.45, 2.75) is 12.5 Å².